The highest BCUT2D eigenvalue weighted by atomic mass is 16.4. The van der Waals surface area contributed by atoms with Crippen LogP contribution in [0.2, 0.25) is 0 Å². The monoisotopic (exact) mass is 315 g/mol. The van der Waals surface area contributed by atoms with Crippen molar-refractivity contribution >= 4 is 17.7 Å². The molecule has 2 heterocycles. The topological polar surface area (TPSA) is 100 Å². The molecule has 1 aromatic heterocycles. The summed E-state index contributed by atoms with van der Waals surface area (Å²) in [6, 6.07) is 6.84. The SMILES string of the molecule is O=C(O)C1CCCN(C(=O)Nc2ccc(-n3nccn3)cc2)C1. The zero-order valence-electron chi connectivity index (χ0n) is 12.4. The van der Waals surface area contributed by atoms with Crippen molar-refractivity contribution in [3.63, 3.8) is 0 Å². The summed E-state index contributed by atoms with van der Waals surface area (Å²) in [6.07, 6.45) is 4.49. The molecule has 1 aromatic carbocycles. The van der Waals surface area contributed by atoms with Crippen LogP contribution in [0.1, 0.15) is 12.8 Å². The Kier molecular flexibility index (Phi) is 4.22. The lowest BCUT2D eigenvalue weighted by molar-refractivity contribution is -0.143. The van der Waals surface area contributed by atoms with E-state index in [0.29, 0.717) is 25.1 Å². The lowest BCUT2D eigenvalue weighted by Gasteiger charge is -2.30. The minimum Gasteiger partial charge on any atom is -0.481 e. The van der Waals surface area contributed by atoms with Crippen molar-refractivity contribution in [1.82, 2.24) is 19.9 Å². The van der Waals surface area contributed by atoms with Crippen LogP contribution >= 0.6 is 0 Å². The number of carboxylic acid groups (broad SMARTS) is 1. The van der Waals surface area contributed by atoms with E-state index < -0.39 is 11.9 Å². The Morgan fingerprint density at radius 1 is 1.17 bits per heavy atom. The summed E-state index contributed by atoms with van der Waals surface area (Å²) in [4.78, 5) is 26.3. The summed E-state index contributed by atoms with van der Waals surface area (Å²) in [7, 11) is 0. The van der Waals surface area contributed by atoms with Gasteiger partial charge in [0, 0.05) is 18.8 Å². The number of anilines is 1. The van der Waals surface area contributed by atoms with Gasteiger partial charge in [0.15, 0.2) is 0 Å². The smallest absolute Gasteiger partial charge is 0.321 e. The number of nitrogens with one attached hydrogen (secondary N) is 1. The van der Waals surface area contributed by atoms with Crippen LogP contribution in [0.25, 0.3) is 5.69 Å². The minimum atomic E-state index is -0.849. The van der Waals surface area contributed by atoms with E-state index in [1.165, 1.54) is 4.80 Å². The number of urea groups is 1. The van der Waals surface area contributed by atoms with E-state index in [0.717, 1.165) is 5.69 Å². The highest BCUT2D eigenvalue weighted by molar-refractivity contribution is 5.89. The molecule has 1 saturated heterocycles. The van der Waals surface area contributed by atoms with Crippen LogP contribution in [0.5, 0.6) is 0 Å². The predicted octanol–water partition coefficient (Wildman–Crippen LogP) is 1.60. The van der Waals surface area contributed by atoms with Gasteiger partial charge in [0.2, 0.25) is 0 Å². The molecule has 120 valence electrons. The van der Waals surface area contributed by atoms with Crippen LogP contribution in [-0.2, 0) is 4.79 Å². The zero-order valence-corrected chi connectivity index (χ0v) is 12.4. The standard InChI is InChI=1S/C15H17N5O3/c21-14(22)11-2-1-9-19(10-11)15(23)18-12-3-5-13(6-4-12)20-16-7-8-17-20/h3-8,11H,1-2,9-10H2,(H,18,23)(H,21,22). The molecule has 0 saturated carbocycles. The Hall–Kier alpha value is -2.90. The van der Waals surface area contributed by atoms with E-state index in [4.69, 9.17) is 5.11 Å². The molecule has 0 bridgehead atoms. The van der Waals surface area contributed by atoms with Gasteiger partial charge in [-0.1, -0.05) is 0 Å². The molecule has 1 unspecified atom stereocenters. The van der Waals surface area contributed by atoms with Gasteiger partial charge in [-0.05, 0) is 37.1 Å². The van der Waals surface area contributed by atoms with Gasteiger partial charge < -0.3 is 15.3 Å². The van der Waals surface area contributed by atoms with E-state index in [9.17, 15) is 9.59 Å². The predicted molar refractivity (Wildman–Crippen MR) is 82.3 cm³/mol. The largest absolute Gasteiger partial charge is 0.481 e. The third kappa shape index (κ3) is 3.47. The first kappa shape index (κ1) is 15.0. The third-order valence-electron chi connectivity index (χ3n) is 3.83. The van der Waals surface area contributed by atoms with Gasteiger partial charge in [-0.25, -0.2) is 4.79 Å². The number of aromatic nitrogens is 3. The molecule has 0 aliphatic carbocycles. The Morgan fingerprint density at radius 3 is 2.52 bits per heavy atom. The summed E-state index contributed by atoms with van der Waals surface area (Å²) in [5.41, 5.74) is 1.43. The molecule has 1 atom stereocenters. The molecule has 1 aliphatic heterocycles. The summed E-state index contributed by atoms with van der Waals surface area (Å²) in [5, 5.41) is 19.9. The Bertz CT molecular complexity index is 684. The number of rotatable bonds is 3. The van der Waals surface area contributed by atoms with Crippen LogP contribution in [0, 0.1) is 5.92 Å². The summed E-state index contributed by atoms with van der Waals surface area (Å²) in [5.74, 6) is -1.33. The lowest BCUT2D eigenvalue weighted by atomic mass is 9.99. The molecular weight excluding hydrogens is 298 g/mol. The fraction of sp³-hybridized carbons (Fsp3) is 0.333. The van der Waals surface area contributed by atoms with Gasteiger partial charge in [-0.3, -0.25) is 4.79 Å². The minimum absolute atomic E-state index is 0.246. The maximum absolute atomic E-state index is 12.2. The fourth-order valence-corrected chi connectivity index (χ4v) is 2.59. The Morgan fingerprint density at radius 2 is 1.87 bits per heavy atom. The van der Waals surface area contributed by atoms with Gasteiger partial charge in [0.1, 0.15) is 0 Å². The number of aliphatic carboxylic acids is 1. The average molecular weight is 315 g/mol. The maximum Gasteiger partial charge on any atom is 0.321 e. The lowest BCUT2D eigenvalue weighted by Crippen LogP contribution is -2.44. The number of carbonyl (C=O) groups excluding carboxylic acids is 1. The van der Waals surface area contributed by atoms with Gasteiger partial charge in [-0.15, -0.1) is 0 Å². The second-order valence-corrected chi connectivity index (χ2v) is 5.42. The normalized spacial score (nSPS) is 17.7. The van der Waals surface area contributed by atoms with Crippen molar-refractivity contribution in [2.45, 2.75) is 12.8 Å². The number of benzene rings is 1. The van der Waals surface area contributed by atoms with Crippen molar-refractivity contribution in [3.05, 3.63) is 36.7 Å². The molecule has 1 fully saturated rings. The molecule has 23 heavy (non-hydrogen) atoms. The second kappa shape index (κ2) is 6.47. The van der Waals surface area contributed by atoms with E-state index >= 15 is 0 Å². The van der Waals surface area contributed by atoms with E-state index in [1.54, 1.807) is 41.6 Å². The third-order valence-corrected chi connectivity index (χ3v) is 3.83. The van der Waals surface area contributed by atoms with Crippen molar-refractivity contribution in [3.8, 4) is 5.69 Å². The van der Waals surface area contributed by atoms with Gasteiger partial charge >= 0.3 is 12.0 Å². The number of likely N-dealkylation sites (tertiary alicyclic amines) is 1. The summed E-state index contributed by atoms with van der Waals surface area (Å²) >= 11 is 0. The number of carboxylic acids is 1. The first-order valence-corrected chi connectivity index (χ1v) is 7.39. The van der Waals surface area contributed by atoms with E-state index in [2.05, 4.69) is 15.5 Å². The Balaban J connectivity index is 1.62. The molecule has 2 amide bonds. The Labute approximate surface area is 132 Å². The van der Waals surface area contributed by atoms with E-state index in [1.807, 2.05) is 0 Å². The van der Waals surface area contributed by atoms with Crippen LogP contribution in [0.15, 0.2) is 36.7 Å². The molecule has 1 aliphatic rings. The molecule has 2 aromatic rings. The number of hydrogen-bond donors (Lipinski definition) is 2. The number of hydrogen-bond acceptors (Lipinski definition) is 4. The molecule has 8 nitrogen and oxygen atoms in total. The second-order valence-electron chi connectivity index (χ2n) is 5.42. The quantitative estimate of drug-likeness (QED) is 0.896. The molecule has 0 radical (unpaired) electrons. The van der Waals surface area contributed by atoms with E-state index in [-0.39, 0.29) is 12.6 Å². The van der Waals surface area contributed by atoms with Crippen molar-refractivity contribution in [2.24, 2.45) is 5.92 Å². The first-order valence-electron chi connectivity index (χ1n) is 7.39. The van der Waals surface area contributed by atoms with Crippen LogP contribution in [-0.4, -0.2) is 50.1 Å². The van der Waals surface area contributed by atoms with Crippen LogP contribution in [0.4, 0.5) is 10.5 Å². The van der Waals surface area contributed by atoms with Crippen molar-refractivity contribution < 1.29 is 14.7 Å². The molecule has 2 N–H and O–H groups in total. The molecule has 0 spiro atoms. The molecule has 3 rings (SSSR count). The average Bonchev–Trinajstić information content (AvgIpc) is 3.10. The van der Waals surface area contributed by atoms with Gasteiger partial charge in [0.05, 0.1) is 24.0 Å². The van der Waals surface area contributed by atoms with Crippen LogP contribution in [0.3, 0.4) is 0 Å². The number of piperidine rings is 1. The van der Waals surface area contributed by atoms with Crippen molar-refractivity contribution in [2.75, 3.05) is 18.4 Å². The van der Waals surface area contributed by atoms with Gasteiger partial charge in [0.25, 0.3) is 0 Å². The number of nitrogens with zero attached hydrogens (tertiary/aromatic N) is 4. The first-order chi connectivity index (χ1) is 11.1. The highest BCUT2D eigenvalue weighted by Gasteiger charge is 2.28. The zero-order chi connectivity index (χ0) is 16.2. The van der Waals surface area contributed by atoms with Crippen LogP contribution < -0.4 is 5.32 Å². The molecular formula is C15H17N5O3. The number of amides is 2. The highest BCUT2D eigenvalue weighted by Crippen LogP contribution is 2.18. The number of carbonyl (C=O) groups is 2. The van der Waals surface area contributed by atoms with Gasteiger partial charge in [-0.2, -0.15) is 15.0 Å². The summed E-state index contributed by atoms with van der Waals surface area (Å²) < 4.78 is 0. The fourth-order valence-electron chi connectivity index (χ4n) is 2.59. The molecule has 8 heteroatoms. The summed E-state index contributed by atoms with van der Waals surface area (Å²) in [6.45, 7) is 0.821. The maximum atomic E-state index is 12.2. The van der Waals surface area contributed by atoms with Crippen molar-refractivity contribution in [1.29, 1.82) is 0 Å².